The summed E-state index contributed by atoms with van der Waals surface area (Å²) in [6, 6.07) is 59.8. The standard InChI is InChI=1S/C44H28ClNO/c45-39-27-28-40(42-38-26-22-31-14-8-10-18-37(31)43(38)47-44(39)42)46(33-15-5-2-6-16-33)34-23-19-32(20-24-34)41-35-17-9-7-13-30(35)21-25-36(41)29-11-3-1-4-12-29/h1-28H. The molecule has 3 heteroatoms. The zero-order chi connectivity index (χ0) is 31.3. The van der Waals surface area contributed by atoms with Crippen LogP contribution in [0.15, 0.2) is 174 Å². The van der Waals surface area contributed by atoms with E-state index in [0.717, 1.165) is 44.2 Å². The minimum atomic E-state index is 0.594. The molecule has 1 heterocycles. The molecule has 0 N–H and O–H groups in total. The van der Waals surface area contributed by atoms with Gasteiger partial charge in [0.05, 0.1) is 16.1 Å². The lowest BCUT2D eigenvalue weighted by Gasteiger charge is -2.26. The van der Waals surface area contributed by atoms with Crippen LogP contribution in [-0.2, 0) is 0 Å². The molecule has 0 saturated heterocycles. The number of benzene rings is 8. The third-order valence-electron chi connectivity index (χ3n) is 9.12. The lowest BCUT2D eigenvalue weighted by molar-refractivity contribution is 0.673. The monoisotopic (exact) mass is 621 g/mol. The summed E-state index contributed by atoms with van der Waals surface area (Å²) >= 11 is 6.84. The Kier molecular flexibility index (Phi) is 6.55. The van der Waals surface area contributed by atoms with Crippen molar-refractivity contribution in [1.82, 2.24) is 0 Å². The van der Waals surface area contributed by atoms with Gasteiger partial charge in [-0.1, -0.05) is 139 Å². The van der Waals surface area contributed by atoms with E-state index in [4.69, 9.17) is 16.0 Å². The van der Waals surface area contributed by atoms with Crippen LogP contribution in [0.4, 0.5) is 17.1 Å². The highest BCUT2D eigenvalue weighted by atomic mass is 35.5. The number of hydrogen-bond acceptors (Lipinski definition) is 2. The van der Waals surface area contributed by atoms with E-state index < -0.39 is 0 Å². The second kappa shape index (κ2) is 11.2. The van der Waals surface area contributed by atoms with E-state index in [9.17, 15) is 0 Å². The Morgan fingerprint density at radius 3 is 1.81 bits per heavy atom. The van der Waals surface area contributed by atoms with Crippen molar-refractivity contribution < 1.29 is 4.42 Å². The van der Waals surface area contributed by atoms with Crippen molar-refractivity contribution in [3.63, 3.8) is 0 Å². The maximum absolute atomic E-state index is 6.84. The van der Waals surface area contributed by atoms with Crippen molar-refractivity contribution in [1.29, 1.82) is 0 Å². The van der Waals surface area contributed by atoms with Gasteiger partial charge in [-0.05, 0) is 80.9 Å². The van der Waals surface area contributed by atoms with Crippen molar-refractivity contribution in [2.24, 2.45) is 0 Å². The van der Waals surface area contributed by atoms with Crippen LogP contribution in [0.2, 0.25) is 5.02 Å². The molecular formula is C44H28ClNO. The van der Waals surface area contributed by atoms with Gasteiger partial charge >= 0.3 is 0 Å². The van der Waals surface area contributed by atoms with Crippen LogP contribution in [0, 0.1) is 0 Å². The molecule has 0 spiro atoms. The molecule has 0 bridgehead atoms. The zero-order valence-electron chi connectivity index (χ0n) is 25.4. The SMILES string of the molecule is Clc1ccc(N(c2ccccc2)c2ccc(-c3c(-c4ccccc4)ccc4ccccc34)cc2)c2c1oc1c3ccccc3ccc12. The first kappa shape index (κ1) is 27.5. The quantitative estimate of drug-likeness (QED) is 0.190. The Hall–Kier alpha value is -5.83. The van der Waals surface area contributed by atoms with Gasteiger partial charge in [0.15, 0.2) is 5.58 Å². The fraction of sp³-hybridized carbons (Fsp3) is 0. The van der Waals surface area contributed by atoms with Crippen LogP contribution in [0.5, 0.6) is 0 Å². The van der Waals surface area contributed by atoms with Crippen LogP contribution in [0.25, 0.3) is 65.7 Å². The van der Waals surface area contributed by atoms with Gasteiger partial charge in [0.2, 0.25) is 0 Å². The van der Waals surface area contributed by atoms with Crippen molar-refractivity contribution in [2.75, 3.05) is 4.90 Å². The normalized spacial score (nSPS) is 11.5. The first-order valence-electron chi connectivity index (χ1n) is 15.8. The Morgan fingerprint density at radius 2 is 1.04 bits per heavy atom. The molecule has 0 unspecified atom stereocenters. The van der Waals surface area contributed by atoms with Gasteiger partial charge in [-0.25, -0.2) is 0 Å². The number of rotatable bonds is 5. The van der Waals surface area contributed by atoms with E-state index in [-0.39, 0.29) is 0 Å². The maximum atomic E-state index is 6.84. The van der Waals surface area contributed by atoms with Crippen LogP contribution >= 0.6 is 11.6 Å². The minimum Gasteiger partial charge on any atom is -0.454 e. The first-order chi connectivity index (χ1) is 23.2. The molecule has 0 atom stereocenters. The molecule has 0 aliphatic carbocycles. The zero-order valence-corrected chi connectivity index (χ0v) is 26.2. The molecule has 0 amide bonds. The largest absolute Gasteiger partial charge is 0.454 e. The van der Waals surface area contributed by atoms with Gasteiger partial charge in [-0.15, -0.1) is 0 Å². The van der Waals surface area contributed by atoms with Crippen molar-refractivity contribution >= 4 is 72.1 Å². The highest BCUT2D eigenvalue weighted by Gasteiger charge is 2.22. The van der Waals surface area contributed by atoms with Crippen molar-refractivity contribution in [3.05, 3.63) is 175 Å². The van der Waals surface area contributed by atoms with Gasteiger partial charge < -0.3 is 9.32 Å². The molecule has 9 rings (SSSR count). The van der Waals surface area contributed by atoms with Crippen LogP contribution in [-0.4, -0.2) is 0 Å². The van der Waals surface area contributed by atoms with Crippen LogP contribution < -0.4 is 4.90 Å². The third-order valence-corrected chi connectivity index (χ3v) is 9.42. The smallest absolute Gasteiger partial charge is 0.156 e. The van der Waals surface area contributed by atoms with Crippen molar-refractivity contribution in [3.8, 4) is 22.3 Å². The first-order valence-corrected chi connectivity index (χ1v) is 16.2. The molecule has 222 valence electrons. The van der Waals surface area contributed by atoms with Crippen LogP contribution in [0.1, 0.15) is 0 Å². The van der Waals surface area contributed by atoms with Gasteiger partial charge in [-0.3, -0.25) is 0 Å². The Bertz CT molecular complexity index is 2570. The molecule has 9 aromatic rings. The van der Waals surface area contributed by atoms with Gasteiger partial charge in [0.25, 0.3) is 0 Å². The van der Waals surface area contributed by atoms with E-state index in [1.165, 1.54) is 33.0 Å². The van der Waals surface area contributed by atoms with Crippen molar-refractivity contribution in [2.45, 2.75) is 0 Å². The minimum absolute atomic E-state index is 0.594. The summed E-state index contributed by atoms with van der Waals surface area (Å²) in [5.74, 6) is 0. The number of anilines is 3. The number of furan rings is 1. The summed E-state index contributed by atoms with van der Waals surface area (Å²) in [5.41, 5.74) is 9.45. The van der Waals surface area contributed by atoms with Crippen LogP contribution in [0.3, 0.4) is 0 Å². The maximum Gasteiger partial charge on any atom is 0.156 e. The molecular weight excluding hydrogens is 594 g/mol. The molecule has 0 saturated carbocycles. The number of para-hydroxylation sites is 1. The third kappa shape index (κ3) is 4.57. The Balaban J connectivity index is 1.26. The second-order valence-corrected chi connectivity index (χ2v) is 12.2. The van der Waals surface area contributed by atoms with Gasteiger partial charge in [0, 0.05) is 22.1 Å². The van der Waals surface area contributed by atoms with Gasteiger partial charge in [0.1, 0.15) is 5.58 Å². The topological polar surface area (TPSA) is 16.4 Å². The summed E-state index contributed by atoms with van der Waals surface area (Å²) in [7, 11) is 0. The average Bonchev–Trinajstić information content (AvgIpc) is 3.55. The lowest BCUT2D eigenvalue weighted by Crippen LogP contribution is -2.10. The highest BCUT2D eigenvalue weighted by molar-refractivity contribution is 6.37. The molecule has 2 nitrogen and oxygen atoms in total. The number of hydrogen-bond donors (Lipinski definition) is 0. The lowest BCUT2D eigenvalue weighted by atomic mass is 9.89. The number of nitrogens with zero attached hydrogens (tertiary/aromatic N) is 1. The van der Waals surface area contributed by atoms with E-state index >= 15 is 0 Å². The molecule has 47 heavy (non-hydrogen) atoms. The summed E-state index contributed by atoms with van der Waals surface area (Å²) in [6.45, 7) is 0. The predicted molar refractivity (Wildman–Crippen MR) is 199 cm³/mol. The average molecular weight is 622 g/mol. The van der Waals surface area contributed by atoms with E-state index in [0.29, 0.717) is 10.6 Å². The number of halogens is 1. The fourth-order valence-corrected chi connectivity index (χ4v) is 7.16. The van der Waals surface area contributed by atoms with E-state index in [1.54, 1.807) is 0 Å². The number of fused-ring (bicyclic) bond motifs is 6. The molecule has 0 fully saturated rings. The molecule has 0 radical (unpaired) electrons. The molecule has 8 aromatic carbocycles. The summed E-state index contributed by atoms with van der Waals surface area (Å²) in [5, 5.41) is 7.29. The Labute approximate surface area is 277 Å². The molecule has 0 aliphatic heterocycles. The highest BCUT2D eigenvalue weighted by Crippen LogP contribution is 2.47. The second-order valence-electron chi connectivity index (χ2n) is 11.8. The van der Waals surface area contributed by atoms with Gasteiger partial charge in [-0.2, -0.15) is 0 Å². The Morgan fingerprint density at radius 1 is 0.426 bits per heavy atom. The summed E-state index contributed by atoms with van der Waals surface area (Å²) in [6.07, 6.45) is 0. The summed E-state index contributed by atoms with van der Waals surface area (Å²) in [4.78, 5) is 2.30. The summed E-state index contributed by atoms with van der Waals surface area (Å²) < 4.78 is 6.57. The predicted octanol–water partition coefficient (Wildman–Crippen LogP) is 13.3. The molecule has 1 aromatic heterocycles. The fourth-order valence-electron chi connectivity index (χ4n) is 6.97. The van der Waals surface area contributed by atoms with E-state index in [2.05, 4.69) is 163 Å². The molecule has 0 aliphatic rings. The van der Waals surface area contributed by atoms with E-state index in [1.807, 2.05) is 12.1 Å².